The third-order valence-corrected chi connectivity index (χ3v) is 5.05. The highest BCUT2D eigenvalue weighted by Crippen LogP contribution is 2.24. The normalized spacial score (nSPS) is 19.1. The first-order valence-corrected chi connectivity index (χ1v) is 9.75. The highest BCUT2D eigenvalue weighted by molar-refractivity contribution is 6.05. The molecule has 6 heteroatoms. The van der Waals surface area contributed by atoms with E-state index in [-0.39, 0.29) is 17.9 Å². The van der Waals surface area contributed by atoms with E-state index in [0.717, 1.165) is 31.6 Å². The minimum atomic E-state index is -0.218. The summed E-state index contributed by atoms with van der Waals surface area (Å²) in [6.07, 6.45) is 3.66. The summed E-state index contributed by atoms with van der Waals surface area (Å²) in [6.45, 7) is 2.02. The van der Waals surface area contributed by atoms with Gasteiger partial charge in [-0.3, -0.25) is 9.59 Å². The number of rotatable bonds is 6. The lowest BCUT2D eigenvalue weighted by molar-refractivity contribution is -0.117. The predicted molar refractivity (Wildman–Crippen MR) is 107 cm³/mol. The van der Waals surface area contributed by atoms with E-state index in [1.165, 1.54) is 0 Å². The monoisotopic (exact) mass is 380 g/mol. The molecule has 2 fully saturated rings. The van der Waals surface area contributed by atoms with Gasteiger partial charge >= 0.3 is 0 Å². The topological polar surface area (TPSA) is 67.9 Å². The Morgan fingerprint density at radius 2 is 2.07 bits per heavy atom. The van der Waals surface area contributed by atoms with Crippen molar-refractivity contribution in [3.63, 3.8) is 0 Å². The minimum Gasteiger partial charge on any atom is -0.491 e. The molecule has 2 aliphatic heterocycles. The van der Waals surface area contributed by atoms with E-state index < -0.39 is 0 Å². The number of ether oxygens (including phenoxy) is 2. The van der Waals surface area contributed by atoms with Crippen LogP contribution in [0.3, 0.4) is 0 Å². The fourth-order valence-corrected chi connectivity index (χ4v) is 3.57. The summed E-state index contributed by atoms with van der Waals surface area (Å²) in [4.78, 5) is 26.3. The molecule has 2 heterocycles. The van der Waals surface area contributed by atoms with E-state index in [0.29, 0.717) is 36.6 Å². The van der Waals surface area contributed by atoms with E-state index in [4.69, 9.17) is 9.47 Å². The Balaban J connectivity index is 1.40. The van der Waals surface area contributed by atoms with E-state index in [1.807, 2.05) is 24.3 Å². The van der Waals surface area contributed by atoms with Crippen LogP contribution in [0, 0.1) is 0 Å². The first kappa shape index (κ1) is 18.5. The Hall–Kier alpha value is -2.86. The summed E-state index contributed by atoms with van der Waals surface area (Å²) < 4.78 is 11.4. The van der Waals surface area contributed by atoms with Gasteiger partial charge in [0.1, 0.15) is 12.4 Å². The van der Waals surface area contributed by atoms with Crippen LogP contribution in [0.15, 0.2) is 48.5 Å². The van der Waals surface area contributed by atoms with Gasteiger partial charge in [-0.25, -0.2) is 0 Å². The molecule has 0 bridgehead atoms. The van der Waals surface area contributed by atoms with Crippen LogP contribution in [0.5, 0.6) is 5.75 Å². The fourth-order valence-electron chi connectivity index (χ4n) is 3.57. The first-order valence-electron chi connectivity index (χ1n) is 9.75. The highest BCUT2D eigenvalue weighted by atomic mass is 16.5. The third-order valence-electron chi connectivity index (χ3n) is 5.05. The van der Waals surface area contributed by atoms with Gasteiger partial charge in [0.2, 0.25) is 5.91 Å². The van der Waals surface area contributed by atoms with Gasteiger partial charge in [0.25, 0.3) is 5.91 Å². The van der Waals surface area contributed by atoms with E-state index in [9.17, 15) is 9.59 Å². The Kier molecular flexibility index (Phi) is 5.58. The molecule has 2 saturated heterocycles. The Labute approximate surface area is 164 Å². The number of nitrogens with zero attached hydrogens (tertiary/aromatic N) is 1. The molecular weight excluding hydrogens is 356 g/mol. The predicted octanol–water partition coefficient (Wildman–Crippen LogP) is 3.62. The van der Waals surface area contributed by atoms with Crippen molar-refractivity contribution in [1.82, 2.24) is 0 Å². The largest absolute Gasteiger partial charge is 0.491 e. The van der Waals surface area contributed by atoms with Crippen molar-refractivity contribution in [2.24, 2.45) is 0 Å². The third kappa shape index (κ3) is 4.34. The van der Waals surface area contributed by atoms with Crippen LogP contribution in [0.4, 0.5) is 11.4 Å². The van der Waals surface area contributed by atoms with E-state index in [1.54, 1.807) is 29.2 Å². The molecule has 0 aromatic heterocycles. The highest BCUT2D eigenvalue weighted by Gasteiger charge is 2.22. The zero-order chi connectivity index (χ0) is 19.3. The molecule has 2 aromatic rings. The van der Waals surface area contributed by atoms with Crippen LogP contribution in [-0.4, -0.2) is 37.7 Å². The number of hydrogen-bond acceptors (Lipinski definition) is 4. The van der Waals surface area contributed by atoms with Gasteiger partial charge in [-0.2, -0.15) is 0 Å². The summed E-state index contributed by atoms with van der Waals surface area (Å²) in [5.41, 5.74) is 1.95. The van der Waals surface area contributed by atoms with Crippen molar-refractivity contribution in [1.29, 1.82) is 0 Å². The molecule has 0 spiro atoms. The molecular formula is C22H24N2O4. The van der Waals surface area contributed by atoms with Gasteiger partial charge < -0.3 is 19.7 Å². The average molecular weight is 380 g/mol. The van der Waals surface area contributed by atoms with Gasteiger partial charge in [0, 0.05) is 42.6 Å². The maximum atomic E-state index is 12.7. The lowest BCUT2D eigenvalue weighted by Gasteiger charge is -2.16. The zero-order valence-corrected chi connectivity index (χ0v) is 15.7. The van der Waals surface area contributed by atoms with Crippen molar-refractivity contribution in [3.05, 3.63) is 54.1 Å². The zero-order valence-electron chi connectivity index (χ0n) is 15.7. The summed E-state index contributed by atoms with van der Waals surface area (Å²) in [7, 11) is 0. The first-order chi connectivity index (χ1) is 13.7. The molecule has 1 atom stereocenters. The summed E-state index contributed by atoms with van der Waals surface area (Å²) in [5.74, 6) is 0.586. The summed E-state index contributed by atoms with van der Waals surface area (Å²) >= 11 is 0. The van der Waals surface area contributed by atoms with Crippen LogP contribution in [0.25, 0.3) is 0 Å². The molecule has 28 heavy (non-hydrogen) atoms. The molecule has 2 aliphatic rings. The van der Waals surface area contributed by atoms with Crippen LogP contribution in [0.2, 0.25) is 0 Å². The average Bonchev–Trinajstić information content (AvgIpc) is 3.38. The summed E-state index contributed by atoms with van der Waals surface area (Å²) in [5, 5.41) is 2.90. The second-order valence-electron chi connectivity index (χ2n) is 7.13. The molecule has 4 rings (SSSR count). The minimum absolute atomic E-state index is 0.105. The lowest BCUT2D eigenvalue weighted by Crippen LogP contribution is -2.24. The Bertz CT molecular complexity index is 861. The van der Waals surface area contributed by atoms with E-state index in [2.05, 4.69) is 5.32 Å². The van der Waals surface area contributed by atoms with Gasteiger partial charge in [-0.1, -0.05) is 12.1 Å². The molecule has 2 aromatic carbocycles. The second-order valence-corrected chi connectivity index (χ2v) is 7.13. The number of nitrogens with one attached hydrogen (secondary N) is 1. The number of carbonyl (C=O) groups is 2. The Morgan fingerprint density at radius 3 is 2.86 bits per heavy atom. The van der Waals surface area contributed by atoms with Crippen LogP contribution in [0.1, 0.15) is 36.0 Å². The van der Waals surface area contributed by atoms with Crippen molar-refractivity contribution < 1.29 is 19.1 Å². The van der Waals surface area contributed by atoms with Crippen molar-refractivity contribution >= 4 is 23.2 Å². The maximum Gasteiger partial charge on any atom is 0.255 e. The lowest BCUT2D eigenvalue weighted by atomic mass is 10.1. The van der Waals surface area contributed by atoms with Crippen LogP contribution in [-0.2, 0) is 9.53 Å². The number of amides is 2. The fraction of sp³-hybridized carbons (Fsp3) is 0.364. The Morgan fingerprint density at radius 1 is 1.18 bits per heavy atom. The van der Waals surface area contributed by atoms with Gasteiger partial charge in [0.05, 0.1) is 6.10 Å². The smallest absolute Gasteiger partial charge is 0.255 e. The van der Waals surface area contributed by atoms with E-state index >= 15 is 0 Å². The van der Waals surface area contributed by atoms with Crippen molar-refractivity contribution in [2.75, 3.05) is 30.0 Å². The van der Waals surface area contributed by atoms with Crippen molar-refractivity contribution in [3.8, 4) is 5.75 Å². The van der Waals surface area contributed by atoms with Crippen LogP contribution >= 0.6 is 0 Å². The molecule has 146 valence electrons. The molecule has 2 amide bonds. The molecule has 0 unspecified atom stereocenters. The second kappa shape index (κ2) is 8.44. The molecule has 0 aliphatic carbocycles. The summed E-state index contributed by atoms with van der Waals surface area (Å²) in [6, 6.07) is 14.5. The van der Waals surface area contributed by atoms with Gasteiger partial charge in [0.15, 0.2) is 0 Å². The van der Waals surface area contributed by atoms with Gasteiger partial charge in [-0.15, -0.1) is 0 Å². The van der Waals surface area contributed by atoms with Gasteiger partial charge in [-0.05, 0) is 49.6 Å². The molecule has 1 N–H and O–H groups in total. The number of hydrogen-bond donors (Lipinski definition) is 1. The molecule has 0 radical (unpaired) electrons. The number of carbonyl (C=O) groups excluding carboxylic acids is 2. The standard InChI is InChI=1S/C22H24N2O4/c25-21-10-3-11-24(21)18-7-1-5-16(13-18)22(26)23-17-6-2-8-19(14-17)28-15-20-9-4-12-27-20/h1-2,5-8,13-14,20H,3-4,9-12,15H2,(H,23,26)/t20-/m0/s1. The number of anilines is 2. The molecule has 0 saturated carbocycles. The SMILES string of the molecule is O=C(Nc1cccc(OC[C@@H]2CCCO2)c1)c1cccc(N2CCCC2=O)c1. The number of benzene rings is 2. The van der Waals surface area contributed by atoms with Crippen molar-refractivity contribution in [2.45, 2.75) is 31.8 Å². The quantitative estimate of drug-likeness (QED) is 0.831. The molecule has 6 nitrogen and oxygen atoms in total. The maximum absolute atomic E-state index is 12.7. The van der Waals surface area contributed by atoms with Crippen LogP contribution < -0.4 is 15.0 Å².